The highest BCUT2D eigenvalue weighted by Crippen LogP contribution is 2.05. The highest BCUT2D eigenvalue weighted by molar-refractivity contribution is 6.00. The number of aromatic nitrogens is 3. The number of nitrogens with zero attached hydrogens (tertiary/aromatic N) is 3. The molecule has 0 fully saturated rings. The van der Waals surface area contributed by atoms with E-state index in [0.717, 1.165) is 0 Å². The van der Waals surface area contributed by atoms with Gasteiger partial charge in [-0.3, -0.25) is 14.6 Å². The van der Waals surface area contributed by atoms with Crippen LogP contribution in [0.15, 0.2) is 42.7 Å². The SMILES string of the molecule is O=C(CCC(=O)c1cccnn1)c1ccccn1. The number of pyridine rings is 1. The van der Waals surface area contributed by atoms with Gasteiger partial charge in [-0.05, 0) is 24.3 Å². The van der Waals surface area contributed by atoms with Gasteiger partial charge < -0.3 is 0 Å². The van der Waals surface area contributed by atoms with Crippen LogP contribution in [0.25, 0.3) is 0 Å². The lowest BCUT2D eigenvalue weighted by molar-refractivity contribution is 0.0912. The number of hydrogen-bond acceptors (Lipinski definition) is 5. The molecule has 0 aliphatic heterocycles. The normalized spacial score (nSPS) is 10.0. The molecular formula is C13H11N3O2. The Labute approximate surface area is 104 Å². The summed E-state index contributed by atoms with van der Waals surface area (Å²) in [5, 5.41) is 7.33. The Morgan fingerprint density at radius 2 is 1.61 bits per heavy atom. The van der Waals surface area contributed by atoms with E-state index in [-0.39, 0.29) is 30.1 Å². The van der Waals surface area contributed by atoms with Crippen LogP contribution < -0.4 is 0 Å². The van der Waals surface area contributed by atoms with Crippen LogP contribution in [0.2, 0.25) is 0 Å². The van der Waals surface area contributed by atoms with Crippen LogP contribution in [0, 0.1) is 0 Å². The summed E-state index contributed by atoms with van der Waals surface area (Å²) in [5.74, 6) is -0.333. The maximum atomic E-state index is 11.7. The summed E-state index contributed by atoms with van der Waals surface area (Å²) < 4.78 is 0. The highest BCUT2D eigenvalue weighted by atomic mass is 16.1. The Morgan fingerprint density at radius 1 is 0.889 bits per heavy atom. The lowest BCUT2D eigenvalue weighted by Crippen LogP contribution is -2.08. The van der Waals surface area contributed by atoms with E-state index in [1.165, 1.54) is 6.20 Å². The molecule has 0 aromatic carbocycles. The summed E-state index contributed by atoms with van der Waals surface area (Å²) in [5.41, 5.74) is 0.663. The minimum Gasteiger partial charge on any atom is -0.292 e. The predicted octanol–water partition coefficient (Wildman–Crippen LogP) is 1.72. The van der Waals surface area contributed by atoms with Crippen molar-refractivity contribution in [3.05, 3.63) is 54.1 Å². The Balaban J connectivity index is 1.93. The van der Waals surface area contributed by atoms with Crippen LogP contribution in [0.5, 0.6) is 0 Å². The molecule has 0 radical (unpaired) electrons. The third kappa shape index (κ3) is 3.04. The second-order valence-corrected chi connectivity index (χ2v) is 3.67. The Hall–Kier alpha value is -2.43. The molecular weight excluding hydrogens is 230 g/mol. The molecule has 0 spiro atoms. The summed E-state index contributed by atoms with van der Waals surface area (Å²) in [6.45, 7) is 0. The van der Waals surface area contributed by atoms with Crippen LogP contribution in [0.4, 0.5) is 0 Å². The molecule has 2 aromatic heterocycles. The van der Waals surface area contributed by atoms with E-state index in [2.05, 4.69) is 15.2 Å². The monoisotopic (exact) mass is 241 g/mol. The highest BCUT2D eigenvalue weighted by Gasteiger charge is 2.12. The number of rotatable bonds is 5. The standard InChI is InChI=1S/C13H11N3O2/c17-12(10-4-1-2-8-14-10)6-7-13(18)11-5-3-9-15-16-11/h1-5,8-9H,6-7H2. The first-order valence-electron chi connectivity index (χ1n) is 5.52. The molecule has 0 N–H and O–H groups in total. The molecule has 2 aromatic rings. The number of ketones is 2. The first-order chi connectivity index (χ1) is 8.77. The molecule has 18 heavy (non-hydrogen) atoms. The lowest BCUT2D eigenvalue weighted by atomic mass is 10.1. The quantitative estimate of drug-likeness (QED) is 0.745. The third-order valence-electron chi connectivity index (χ3n) is 2.39. The fourth-order valence-corrected chi connectivity index (χ4v) is 1.46. The van der Waals surface area contributed by atoms with Crippen molar-refractivity contribution in [1.82, 2.24) is 15.2 Å². The number of carbonyl (C=O) groups excluding carboxylic acids is 2. The molecule has 2 heterocycles. The molecule has 0 unspecified atom stereocenters. The molecule has 0 aliphatic carbocycles. The molecule has 0 aliphatic rings. The van der Waals surface area contributed by atoms with Gasteiger partial charge >= 0.3 is 0 Å². The molecule has 0 bridgehead atoms. The van der Waals surface area contributed by atoms with Crippen molar-refractivity contribution in [2.45, 2.75) is 12.8 Å². The summed E-state index contributed by atoms with van der Waals surface area (Å²) in [6, 6.07) is 8.34. The predicted molar refractivity (Wildman–Crippen MR) is 64.2 cm³/mol. The van der Waals surface area contributed by atoms with Gasteiger partial charge in [-0.15, -0.1) is 5.10 Å². The van der Waals surface area contributed by atoms with Gasteiger partial charge in [-0.2, -0.15) is 5.10 Å². The van der Waals surface area contributed by atoms with Gasteiger partial charge in [0.1, 0.15) is 11.4 Å². The van der Waals surface area contributed by atoms with E-state index in [1.807, 2.05) is 0 Å². The van der Waals surface area contributed by atoms with Crippen molar-refractivity contribution in [3.8, 4) is 0 Å². The van der Waals surface area contributed by atoms with Crippen molar-refractivity contribution < 1.29 is 9.59 Å². The largest absolute Gasteiger partial charge is 0.292 e. The third-order valence-corrected chi connectivity index (χ3v) is 2.39. The number of hydrogen-bond donors (Lipinski definition) is 0. The smallest absolute Gasteiger partial charge is 0.183 e. The van der Waals surface area contributed by atoms with E-state index >= 15 is 0 Å². The number of carbonyl (C=O) groups is 2. The topological polar surface area (TPSA) is 72.8 Å². The zero-order chi connectivity index (χ0) is 12.8. The van der Waals surface area contributed by atoms with Gasteiger partial charge in [0.05, 0.1) is 0 Å². The molecule has 0 saturated carbocycles. The maximum absolute atomic E-state index is 11.7. The van der Waals surface area contributed by atoms with Crippen molar-refractivity contribution in [2.24, 2.45) is 0 Å². The van der Waals surface area contributed by atoms with E-state index in [1.54, 1.807) is 36.5 Å². The van der Waals surface area contributed by atoms with Crippen LogP contribution in [0.3, 0.4) is 0 Å². The fourth-order valence-electron chi connectivity index (χ4n) is 1.46. The van der Waals surface area contributed by atoms with Crippen molar-refractivity contribution in [2.75, 3.05) is 0 Å². The summed E-state index contributed by atoms with van der Waals surface area (Å²) in [7, 11) is 0. The van der Waals surface area contributed by atoms with Gasteiger partial charge in [0.2, 0.25) is 0 Å². The summed E-state index contributed by atoms with van der Waals surface area (Å²) >= 11 is 0. The van der Waals surface area contributed by atoms with Gasteiger partial charge in [-0.1, -0.05) is 6.07 Å². The Morgan fingerprint density at radius 3 is 2.22 bits per heavy atom. The lowest BCUT2D eigenvalue weighted by Gasteiger charge is -1.99. The summed E-state index contributed by atoms with van der Waals surface area (Å²) in [6.07, 6.45) is 3.30. The van der Waals surface area contributed by atoms with Crippen molar-refractivity contribution in [1.29, 1.82) is 0 Å². The molecule has 5 heteroatoms. The molecule has 5 nitrogen and oxygen atoms in total. The summed E-state index contributed by atoms with van der Waals surface area (Å²) in [4.78, 5) is 27.4. The fraction of sp³-hybridized carbons (Fsp3) is 0.154. The average Bonchev–Trinajstić information content (AvgIpc) is 2.46. The molecule has 0 atom stereocenters. The van der Waals surface area contributed by atoms with Gasteiger partial charge in [0.25, 0.3) is 0 Å². The zero-order valence-electron chi connectivity index (χ0n) is 9.61. The first kappa shape index (κ1) is 12.0. The minimum atomic E-state index is -0.188. The maximum Gasteiger partial charge on any atom is 0.183 e. The number of Topliss-reactive ketones (excluding diaryl/α,β-unsaturated/α-hetero) is 2. The van der Waals surface area contributed by atoms with Crippen LogP contribution in [-0.2, 0) is 0 Å². The van der Waals surface area contributed by atoms with Crippen LogP contribution >= 0.6 is 0 Å². The second kappa shape index (κ2) is 5.77. The molecule has 0 saturated heterocycles. The average molecular weight is 241 g/mol. The van der Waals surface area contributed by atoms with Crippen molar-refractivity contribution >= 4 is 11.6 Å². The second-order valence-electron chi connectivity index (χ2n) is 3.67. The Kier molecular flexibility index (Phi) is 3.86. The van der Waals surface area contributed by atoms with Gasteiger partial charge in [0.15, 0.2) is 11.6 Å². The van der Waals surface area contributed by atoms with E-state index in [4.69, 9.17) is 0 Å². The van der Waals surface area contributed by atoms with E-state index in [0.29, 0.717) is 5.69 Å². The van der Waals surface area contributed by atoms with Crippen LogP contribution in [-0.4, -0.2) is 26.7 Å². The molecule has 90 valence electrons. The van der Waals surface area contributed by atoms with Crippen LogP contribution in [0.1, 0.15) is 33.8 Å². The van der Waals surface area contributed by atoms with E-state index in [9.17, 15) is 9.59 Å². The van der Waals surface area contributed by atoms with E-state index < -0.39 is 0 Å². The zero-order valence-corrected chi connectivity index (χ0v) is 9.61. The minimum absolute atomic E-state index is 0.119. The van der Waals surface area contributed by atoms with Gasteiger partial charge in [0, 0.05) is 25.2 Å². The first-order valence-corrected chi connectivity index (χ1v) is 5.52. The van der Waals surface area contributed by atoms with Crippen molar-refractivity contribution in [3.63, 3.8) is 0 Å². The molecule has 2 rings (SSSR count). The molecule has 0 amide bonds. The Bertz CT molecular complexity index is 489. The van der Waals surface area contributed by atoms with Gasteiger partial charge in [-0.25, -0.2) is 0 Å².